The summed E-state index contributed by atoms with van der Waals surface area (Å²) in [5.41, 5.74) is 11.2. The highest BCUT2D eigenvalue weighted by Gasteiger charge is 2.33. The van der Waals surface area contributed by atoms with Crippen molar-refractivity contribution in [1.82, 2.24) is 0 Å². The number of hydrogen-bond donors (Lipinski definition) is 0. The van der Waals surface area contributed by atoms with Crippen LogP contribution in [0.15, 0.2) is 109 Å². The SMILES string of the molecule is C1=C(c2ccccc2)C(CC2C(c3ccccc3)=Cc3ccccc32)c2ccccc21. The van der Waals surface area contributed by atoms with Crippen LogP contribution in [0.5, 0.6) is 0 Å². The Morgan fingerprint density at radius 1 is 0.419 bits per heavy atom. The van der Waals surface area contributed by atoms with E-state index in [1.807, 2.05) is 0 Å². The van der Waals surface area contributed by atoms with Crippen LogP contribution < -0.4 is 0 Å². The van der Waals surface area contributed by atoms with E-state index in [1.54, 1.807) is 0 Å². The van der Waals surface area contributed by atoms with Gasteiger partial charge < -0.3 is 0 Å². The molecule has 0 aromatic heterocycles. The lowest BCUT2D eigenvalue weighted by molar-refractivity contribution is 0.707. The number of fused-ring (bicyclic) bond motifs is 2. The van der Waals surface area contributed by atoms with Gasteiger partial charge in [-0.3, -0.25) is 0 Å². The van der Waals surface area contributed by atoms with Gasteiger partial charge in [-0.1, -0.05) is 121 Å². The highest BCUT2D eigenvalue weighted by Crippen LogP contribution is 2.52. The predicted octanol–water partition coefficient (Wildman–Crippen LogP) is 8.05. The molecule has 0 heterocycles. The Kier molecular flexibility index (Phi) is 4.43. The average Bonchev–Trinajstić information content (AvgIpc) is 3.40. The van der Waals surface area contributed by atoms with Gasteiger partial charge in [0.25, 0.3) is 0 Å². The molecule has 0 amide bonds. The number of rotatable bonds is 4. The predicted molar refractivity (Wildman–Crippen MR) is 132 cm³/mol. The summed E-state index contributed by atoms with van der Waals surface area (Å²) in [5, 5.41) is 0. The molecular formula is C31H24. The van der Waals surface area contributed by atoms with Crippen LogP contribution in [0.25, 0.3) is 23.3 Å². The Bertz CT molecular complexity index is 1190. The fraction of sp³-hybridized carbons (Fsp3) is 0.0968. The maximum absolute atomic E-state index is 2.40. The van der Waals surface area contributed by atoms with Crippen molar-refractivity contribution in [2.75, 3.05) is 0 Å². The molecule has 0 heteroatoms. The number of hydrogen-bond acceptors (Lipinski definition) is 0. The van der Waals surface area contributed by atoms with E-state index in [0.717, 1.165) is 6.42 Å². The van der Waals surface area contributed by atoms with Crippen LogP contribution in [-0.4, -0.2) is 0 Å². The highest BCUT2D eigenvalue weighted by molar-refractivity contribution is 5.94. The Balaban J connectivity index is 1.45. The molecule has 0 N–H and O–H groups in total. The average molecular weight is 397 g/mol. The van der Waals surface area contributed by atoms with E-state index in [0.29, 0.717) is 11.8 Å². The van der Waals surface area contributed by atoms with Gasteiger partial charge in [0.15, 0.2) is 0 Å². The van der Waals surface area contributed by atoms with Gasteiger partial charge in [-0.25, -0.2) is 0 Å². The first kappa shape index (κ1) is 18.2. The molecule has 6 rings (SSSR count). The lowest BCUT2D eigenvalue weighted by atomic mass is 9.78. The zero-order valence-electron chi connectivity index (χ0n) is 17.4. The monoisotopic (exact) mass is 396 g/mol. The molecule has 0 fully saturated rings. The van der Waals surface area contributed by atoms with E-state index >= 15 is 0 Å². The van der Waals surface area contributed by atoms with E-state index in [4.69, 9.17) is 0 Å². The van der Waals surface area contributed by atoms with Crippen molar-refractivity contribution >= 4 is 23.3 Å². The van der Waals surface area contributed by atoms with Crippen molar-refractivity contribution in [2.24, 2.45) is 0 Å². The molecule has 148 valence electrons. The molecule has 4 aromatic rings. The Morgan fingerprint density at radius 3 is 1.26 bits per heavy atom. The summed E-state index contributed by atoms with van der Waals surface area (Å²) in [6.07, 6.45) is 5.89. The molecule has 4 aromatic carbocycles. The van der Waals surface area contributed by atoms with Gasteiger partial charge in [-0.05, 0) is 50.9 Å². The van der Waals surface area contributed by atoms with Gasteiger partial charge in [0.2, 0.25) is 0 Å². The van der Waals surface area contributed by atoms with E-state index in [1.165, 1.54) is 44.5 Å². The standard InChI is InChI=1S/C31H24/c1-3-11-22(12-4-1)28-19-24-15-7-9-17-26(24)30(28)21-31-27-18-10-8-16-25(27)20-29(31)23-13-5-2-6-14-23/h1-20,30-31H,21H2. The van der Waals surface area contributed by atoms with E-state index in [-0.39, 0.29) is 0 Å². The first-order chi connectivity index (χ1) is 15.4. The van der Waals surface area contributed by atoms with Crippen LogP contribution in [0.4, 0.5) is 0 Å². The first-order valence-corrected chi connectivity index (χ1v) is 11.1. The normalized spacial score (nSPS) is 18.8. The van der Waals surface area contributed by atoms with E-state index in [2.05, 4.69) is 121 Å². The lowest BCUT2D eigenvalue weighted by Gasteiger charge is -2.24. The molecule has 0 bridgehead atoms. The summed E-state index contributed by atoms with van der Waals surface area (Å²) >= 11 is 0. The van der Waals surface area contributed by atoms with Crippen molar-refractivity contribution in [2.45, 2.75) is 18.3 Å². The van der Waals surface area contributed by atoms with Gasteiger partial charge >= 0.3 is 0 Å². The molecule has 0 aliphatic heterocycles. The molecule has 2 aliphatic carbocycles. The van der Waals surface area contributed by atoms with E-state index < -0.39 is 0 Å². The smallest absolute Gasteiger partial charge is 0.0110 e. The van der Waals surface area contributed by atoms with Crippen LogP contribution in [0.3, 0.4) is 0 Å². The summed E-state index contributed by atoms with van der Waals surface area (Å²) in [4.78, 5) is 0. The zero-order valence-corrected chi connectivity index (χ0v) is 17.4. The van der Waals surface area contributed by atoms with Gasteiger partial charge in [0.05, 0.1) is 0 Å². The quantitative estimate of drug-likeness (QED) is 0.327. The third kappa shape index (κ3) is 3.16. The second-order valence-electron chi connectivity index (χ2n) is 8.53. The molecular weight excluding hydrogens is 372 g/mol. The molecule has 2 unspecified atom stereocenters. The maximum Gasteiger partial charge on any atom is 0.0110 e. The molecule has 2 aliphatic rings. The van der Waals surface area contributed by atoms with Crippen molar-refractivity contribution in [3.8, 4) is 0 Å². The van der Waals surface area contributed by atoms with Gasteiger partial charge in [0, 0.05) is 11.8 Å². The summed E-state index contributed by atoms with van der Waals surface area (Å²) in [6, 6.07) is 39.6. The summed E-state index contributed by atoms with van der Waals surface area (Å²) < 4.78 is 0. The van der Waals surface area contributed by atoms with Crippen molar-refractivity contribution < 1.29 is 0 Å². The topological polar surface area (TPSA) is 0 Å². The van der Waals surface area contributed by atoms with Crippen LogP contribution >= 0.6 is 0 Å². The van der Waals surface area contributed by atoms with Crippen LogP contribution in [0.2, 0.25) is 0 Å². The summed E-state index contributed by atoms with van der Waals surface area (Å²) in [6.45, 7) is 0. The van der Waals surface area contributed by atoms with Crippen molar-refractivity contribution in [3.05, 3.63) is 143 Å². The second-order valence-corrected chi connectivity index (χ2v) is 8.53. The van der Waals surface area contributed by atoms with Gasteiger partial charge in [-0.2, -0.15) is 0 Å². The minimum atomic E-state index is 0.391. The van der Waals surface area contributed by atoms with Crippen LogP contribution in [-0.2, 0) is 0 Å². The summed E-state index contributed by atoms with van der Waals surface area (Å²) in [5.74, 6) is 0.781. The minimum Gasteiger partial charge on any atom is -0.0622 e. The largest absolute Gasteiger partial charge is 0.0622 e. The minimum absolute atomic E-state index is 0.391. The second kappa shape index (κ2) is 7.56. The Morgan fingerprint density at radius 2 is 0.806 bits per heavy atom. The fourth-order valence-corrected chi connectivity index (χ4v) is 5.36. The third-order valence-electron chi connectivity index (χ3n) is 6.80. The maximum atomic E-state index is 2.40. The fourth-order valence-electron chi connectivity index (χ4n) is 5.36. The van der Waals surface area contributed by atoms with Crippen LogP contribution in [0, 0.1) is 0 Å². The van der Waals surface area contributed by atoms with E-state index in [9.17, 15) is 0 Å². The third-order valence-corrected chi connectivity index (χ3v) is 6.80. The lowest BCUT2D eigenvalue weighted by Crippen LogP contribution is -2.07. The molecule has 31 heavy (non-hydrogen) atoms. The summed E-state index contributed by atoms with van der Waals surface area (Å²) in [7, 11) is 0. The Hall–Kier alpha value is -3.64. The molecule has 0 radical (unpaired) electrons. The Labute approximate surface area is 184 Å². The molecule has 2 atom stereocenters. The highest BCUT2D eigenvalue weighted by atomic mass is 14.4. The number of allylic oxidation sites excluding steroid dienone is 2. The molecule has 0 saturated heterocycles. The molecule has 0 saturated carbocycles. The van der Waals surface area contributed by atoms with Gasteiger partial charge in [0.1, 0.15) is 0 Å². The van der Waals surface area contributed by atoms with Crippen molar-refractivity contribution in [3.63, 3.8) is 0 Å². The molecule has 0 nitrogen and oxygen atoms in total. The van der Waals surface area contributed by atoms with Crippen LogP contribution in [0.1, 0.15) is 51.6 Å². The molecule has 0 spiro atoms. The van der Waals surface area contributed by atoms with Gasteiger partial charge in [-0.15, -0.1) is 0 Å². The zero-order chi connectivity index (χ0) is 20.6. The van der Waals surface area contributed by atoms with Crippen molar-refractivity contribution in [1.29, 1.82) is 0 Å². The number of benzene rings is 4. The first-order valence-electron chi connectivity index (χ1n) is 11.1.